The number of carbonyl (C=O) groups is 1. The maximum absolute atomic E-state index is 12.3. The summed E-state index contributed by atoms with van der Waals surface area (Å²) in [6, 6.07) is 18.0. The fraction of sp³-hybridized carbons (Fsp3) is 0.143. The largest absolute Gasteiger partial charge is 0.348 e. The third-order valence-electron chi connectivity index (χ3n) is 4.14. The van der Waals surface area contributed by atoms with Crippen LogP contribution in [-0.4, -0.2) is 25.6 Å². The van der Waals surface area contributed by atoms with Crippen LogP contribution in [0.1, 0.15) is 21.5 Å². The van der Waals surface area contributed by atoms with E-state index in [1.807, 2.05) is 37.3 Å². The minimum absolute atomic E-state index is 0.231. The van der Waals surface area contributed by atoms with Crippen LogP contribution in [0.5, 0.6) is 0 Å². The molecule has 1 heterocycles. The van der Waals surface area contributed by atoms with E-state index in [0.29, 0.717) is 12.1 Å². The number of nitrogens with one attached hydrogen (secondary N) is 1. The summed E-state index contributed by atoms with van der Waals surface area (Å²) in [6.45, 7) is 2.33. The Morgan fingerprint density at radius 1 is 1.04 bits per heavy atom. The molecule has 5 nitrogen and oxygen atoms in total. The van der Waals surface area contributed by atoms with Gasteiger partial charge in [-0.15, -0.1) is 0 Å². The lowest BCUT2D eigenvalue weighted by molar-refractivity contribution is 0.0950. The number of carbonyl (C=O) groups excluding carboxylic acids is 1. The van der Waals surface area contributed by atoms with Crippen LogP contribution in [0.15, 0.2) is 71.8 Å². The average Bonchev–Trinajstić information content (AvgIpc) is 2.66. The van der Waals surface area contributed by atoms with Gasteiger partial charge in [0.05, 0.1) is 16.2 Å². The van der Waals surface area contributed by atoms with Gasteiger partial charge < -0.3 is 5.32 Å². The summed E-state index contributed by atoms with van der Waals surface area (Å²) in [7, 11) is -3.22. The molecular formula is C21H20N2O3S. The van der Waals surface area contributed by atoms with E-state index in [1.165, 1.54) is 12.1 Å². The van der Waals surface area contributed by atoms with Crippen LogP contribution in [-0.2, 0) is 16.4 Å². The van der Waals surface area contributed by atoms with Gasteiger partial charge in [-0.2, -0.15) is 0 Å². The summed E-state index contributed by atoms with van der Waals surface area (Å²) in [5, 5.41) is 2.81. The minimum atomic E-state index is -3.22. The van der Waals surface area contributed by atoms with Crippen LogP contribution in [0.3, 0.4) is 0 Å². The fourth-order valence-corrected chi connectivity index (χ4v) is 3.27. The van der Waals surface area contributed by atoms with Crippen LogP contribution >= 0.6 is 0 Å². The molecule has 3 rings (SSSR count). The third kappa shape index (κ3) is 4.80. The van der Waals surface area contributed by atoms with Crippen molar-refractivity contribution < 1.29 is 13.2 Å². The topological polar surface area (TPSA) is 76.1 Å². The second-order valence-corrected chi connectivity index (χ2v) is 8.42. The molecule has 0 saturated heterocycles. The Kier molecular flexibility index (Phi) is 5.37. The van der Waals surface area contributed by atoms with Gasteiger partial charge in [-0.05, 0) is 42.8 Å². The number of pyridine rings is 1. The summed E-state index contributed by atoms with van der Waals surface area (Å²) in [5.74, 6) is -0.231. The first-order valence-electron chi connectivity index (χ1n) is 8.43. The maximum atomic E-state index is 12.3. The molecule has 0 spiro atoms. The lowest BCUT2D eigenvalue weighted by Gasteiger charge is -2.07. The number of benzene rings is 2. The molecule has 3 aromatic rings. The number of hydrogen-bond acceptors (Lipinski definition) is 4. The van der Waals surface area contributed by atoms with Gasteiger partial charge in [0.15, 0.2) is 9.84 Å². The van der Waals surface area contributed by atoms with Crippen molar-refractivity contribution in [1.29, 1.82) is 0 Å². The molecule has 0 radical (unpaired) electrons. The predicted molar refractivity (Wildman–Crippen MR) is 105 cm³/mol. The molecule has 1 N–H and O–H groups in total. The second kappa shape index (κ2) is 7.72. The number of sulfone groups is 1. The molecular weight excluding hydrogens is 360 g/mol. The Balaban J connectivity index is 1.64. The third-order valence-corrected chi connectivity index (χ3v) is 5.27. The smallest absolute Gasteiger partial charge is 0.253 e. The maximum Gasteiger partial charge on any atom is 0.253 e. The van der Waals surface area contributed by atoms with E-state index in [1.54, 1.807) is 24.4 Å². The summed E-state index contributed by atoms with van der Waals surface area (Å²) in [4.78, 5) is 16.9. The summed E-state index contributed by atoms with van der Waals surface area (Å²) < 4.78 is 22.9. The molecule has 1 amide bonds. The number of aryl methyl sites for hydroxylation is 1. The van der Waals surface area contributed by atoms with Crippen LogP contribution in [0.2, 0.25) is 0 Å². The van der Waals surface area contributed by atoms with Crippen molar-refractivity contribution in [2.24, 2.45) is 0 Å². The zero-order valence-corrected chi connectivity index (χ0v) is 16.0. The first-order valence-corrected chi connectivity index (χ1v) is 10.3. The molecule has 0 bridgehead atoms. The molecule has 0 saturated carbocycles. The van der Waals surface area contributed by atoms with E-state index in [-0.39, 0.29) is 10.8 Å². The van der Waals surface area contributed by atoms with E-state index in [0.717, 1.165) is 28.6 Å². The Morgan fingerprint density at radius 3 is 2.37 bits per heavy atom. The molecule has 0 fully saturated rings. The normalized spacial score (nSPS) is 11.2. The van der Waals surface area contributed by atoms with Crippen molar-refractivity contribution in [2.45, 2.75) is 18.4 Å². The van der Waals surface area contributed by atoms with Gasteiger partial charge >= 0.3 is 0 Å². The molecule has 138 valence electrons. The van der Waals surface area contributed by atoms with Crippen LogP contribution < -0.4 is 5.32 Å². The number of rotatable bonds is 5. The molecule has 0 unspecified atom stereocenters. The monoisotopic (exact) mass is 380 g/mol. The number of hydrogen-bond donors (Lipinski definition) is 1. The van der Waals surface area contributed by atoms with E-state index in [2.05, 4.69) is 10.3 Å². The minimum Gasteiger partial charge on any atom is -0.348 e. The zero-order valence-electron chi connectivity index (χ0n) is 15.1. The van der Waals surface area contributed by atoms with Crippen molar-refractivity contribution in [3.05, 3.63) is 83.6 Å². The highest BCUT2D eigenvalue weighted by Crippen LogP contribution is 2.18. The summed E-state index contributed by atoms with van der Waals surface area (Å²) in [5.41, 5.74) is 4.26. The van der Waals surface area contributed by atoms with E-state index < -0.39 is 9.84 Å². The highest BCUT2D eigenvalue weighted by Gasteiger charge is 2.09. The van der Waals surface area contributed by atoms with E-state index in [4.69, 9.17) is 0 Å². The zero-order chi connectivity index (χ0) is 19.4. The Bertz CT molecular complexity index is 1060. The second-order valence-electron chi connectivity index (χ2n) is 6.40. The van der Waals surface area contributed by atoms with Gasteiger partial charge in [0.25, 0.3) is 5.91 Å². The SMILES string of the molecule is Cc1cccc(-c2ccc(C(=O)NCc3ccc(S(C)(=O)=O)cc3)cn2)c1. The molecule has 2 aromatic carbocycles. The van der Waals surface area contributed by atoms with Crippen molar-refractivity contribution in [1.82, 2.24) is 10.3 Å². The van der Waals surface area contributed by atoms with Crippen LogP contribution in [0, 0.1) is 6.92 Å². The van der Waals surface area contributed by atoms with Crippen molar-refractivity contribution in [2.75, 3.05) is 6.26 Å². The predicted octanol–water partition coefficient (Wildman–Crippen LogP) is 3.39. The van der Waals surface area contributed by atoms with Crippen molar-refractivity contribution in [3.63, 3.8) is 0 Å². The summed E-state index contributed by atoms with van der Waals surface area (Å²) in [6.07, 6.45) is 2.72. The lowest BCUT2D eigenvalue weighted by Crippen LogP contribution is -2.22. The van der Waals surface area contributed by atoms with E-state index in [9.17, 15) is 13.2 Å². The first-order chi connectivity index (χ1) is 12.8. The number of aromatic nitrogens is 1. The van der Waals surface area contributed by atoms with Crippen LogP contribution in [0.25, 0.3) is 11.3 Å². The lowest BCUT2D eigenvalue weighted by atomic mass is 10.1. The molecule has 0 atom stereocenters. The standard InChI is InChI=1S/C21H20N2O3S/c1-15-4-3-5-17(12-15)20-11-8-18(14-22-20)21(24)23-13-16-6-9-19(10-7-16)27(2,25)26/h3-12,14H,13H2,1-2H3,(H,23,24). The molecule has 0 aliphatic rings. The fourth-order valence-electron chi connectivity index (χ4n) is 2.64. The Hall–Kier alpha value is -2.99. The highest BCUT2D eigenvalue weighted by molar-refractivity contribution is 7.90. The van der Waals surface area contributed by atoms with Crippen molar-refractivity contribution >= 4 is 15.7 Å². The van der Waals surface area contributed by atoms with Gasteiger partial charge in [0, 0.05) is 24.6 Å². The Morgan fingerprint density at radius 2 is 1.78 bits per heavy atom. The highest BCUT2D eigenvalue weighted by atomic mass is 32.2. The Labute approximate surface area is 159 Å². The summed E-state index contributed by atoms with van der Waals surface area (Å²) >= 11 is 0. The van der Waals surface area contributed by atoms with Gasteiger partial charge in [0.2, 0.25) is 0 Å². The molecule has 27 heavy (non-hydrogen) atoms. The molecule has 6 heteroatoms. The molecule has 0 aliphatic heterocycles. The molecule has 0 aliphatic carbocycles. The van der Waals surface area contributed by atoms with Gasteiger partial charge in [-0.3, -0.25) is 9.78 Å². The van der Waals surface area contributed by atoms with Gasteiger partial charge in [-0.1, -0.05) is 35.9 Å². The van der Waals surface area contributed by atoms with Gasteiger partial charge in [0.1, 0.15) is 0 Å². The average molecular weight is 380 g/mol. The quantitative estimate of drug-likeness (QED) is 0.736. The van der Waals surface area contributed by atoms with Crippen molar-refractivity contribution in [3.8, 4) is 11.3 Å². The van der Waals surface area contributed by atoms with Gasteiger partial charge in [-0.25, -0.2) is 8.42 Å². The van der Waals surface area contributed by atoms with Crippen LogP contribution in [0.4, 0.5) is 0 Å². The number of nitrogens with zero attached hydrogens (tertiary/aromatic N) is 1. The number of amides is 1. The van der Waals surface area contributed by atoms with E-state index >= 15 is 0 Å². The first kappa shape index (κ1) is 18.8. The molecule has 1 aromatic heterocycles.